The van der Waals surface area contributed by atoms with Crippen LogP contribution in [0.3, 0.4) is 0 Å². The largest absolute Gasteiger partial charge is 0.457 e. The molecular formula is C18H23NO. The van der Waals surface area contributed by atoms with Crippen molar-refractivity contribution in [2.45, 2.75) is 33.2 Å². The summed E-state index contributed by atoms with van der Waals surface area (Å²) in [7, 11) is 1.99. The molecule has 106 valence electrons. The molecule has 0 saturated carbocycles. The Morgan fingerprint density at radius 3 is 2.30 bits per heavy atom. The van der Waals surface area contributed by atoms with E-state index in [1.165, 1.54) is 11.1 Å². The topological polar surface area (TPSA) is 21.3 Å². The molecule has 2 nitrogen and oxygen atoms in total. The second-order valence-corrected chi connectivity index (χ2v) is 5.19. The fourth-order valence-electron chi connectivity index (χ4n) is 2.42. The van der Waals surface area contributed by atoms with E-state index < -0.39 is 0 Å². The molecule has 1 atom stereocenters. The Labute approximate surface area is 121 Å². The highest BCUT2D eigenvalue weighted by Gasteiger charge is 2.07. The SMILES string of the molecule is CCC(NC)c1ccc(Oc2ccc(C)cc2C)cc1. The fourth-order valence-corrected chi connectivity index (χ4v) is 2.42. The first kappa shape index (κ1) is 14.6. The van der Waals surface area contributed by atoms with Gasteiger partial charge in [-0.15, -0.1) is 0 Å². The van der Waals surface area contributed by atoms with Crippen molar-refractivity contribution in [2.24, 2.45) is 0 Å². The molecule has 0 amide bonds. The highest BCUT2D eigenvalue weighted by Crippen LogP contribution is 2.27. The molecule has 20 heavy (non-hydrogen) atoms. The van der Waals surface area contributed by atoms with Gasteiger partial charge in [0.2, 0.25) is 0 Å². The Hall–Kier alpha value is -1.80. The summed E-state index contributed by atoms with van der Waals surface area (Å²) >= 11 is 0. The Morgan fingerprint density at radius 2 is 1.75 bits per heavy atom. The Kier molecular flexibility index (Phi) is 4.80. The molecule has 2 aromatic carbocycles. The number of hydrogen-bond acceptors (Lipinski definition) is 2. The summed E-state index contributed by atoms with van der Waals surface area (Å²) in [6.45, 7) is 6.35. The third kappa shape index (κ3) is 3.40. The molecule has 0 aromatic heterocycles. The third-order valence-corrected chi connectivity index (χ3v) is 3.60. The van der Waals surface area contributed by atoms with E-state index >= 15 is 0 Å². The van der Waals surface area contributed by atoms with E-state index in [1.54, 1.807) is 0 Å². The predicted molar refractivity (Wildman–Crippen MR) is 84.5 cm³/mol. The second kappa shape index (κ2) is 6.58. The van der Waals surface area contributed by atoms with Gasteiger partial charge in [0.1, 0.15) is 11.5 Å². The quantitative estimate of drug-likeness (QED) is 0.844. The summed E-state index contributed by atoms with van der Waals surface area (Å²) in [6, 6.07) is 15.0. The van der Waals surface area contributed by atoms with Crippen molar-refractivity contribution < 1.29 is 4.74 Å². The molecule has 0 radical (unpaired) electrons. The van der Waals surface area contributed by atoms with Gasteiger partial charge in [-0.2, -0.15) is 0 Å². The van der Waals surface area contributed by atoms with E-state index in [4.69, 9.17) is 4.74 Å². The lowest BCUT2D eigenvalue weighted by Gasteiger charge is -2.15. The minimum absolute atomic E-state index is 0.408. The summed E-state index contributed by atoms with van der Waals surface area (Å²) in [5.74, 6) is 1.80. The van der Waals surface area contributed by atoms with Gasteiger partial charge >= 0.3 is 0 Å². The van der Waals surface area contributed by atoms with Gasteiger partial charge in [0, 0.05) is 6.04 Å². The molecule has 0 aliphatic heterocycles. The number of rotatable bonds is 5. The molecule has 0 heterocycles. The van der Waals surface area contributed by atoms with Gasteiger partial charge < -0.3 is 10.1 Å². The summed E-state index contributed by atoms with van der Waals surface area (Å²) in [6.07, 6.45) is 1.08. The van der Waals surface area contributed by atoms with Crippen molar-refractivity contribution in [1.82, 2.24) is 5.32 Å². The standard InChI is InChI=1S/C18H23NO/c1-5-17(19-4)15-7-9-16(10-8-15)20-18-11-6-13(2)12-14(18)3/h6-12,17,19H,5H2,1-4H3. The molecule has 0 spiro atoms. The number of aryl methyl sites for hydroxylation is 2. The van der Waals surface area contributed by atoms with Gasteiger partial charge in [-0.1, -0.05) is 36.8 Å². The van der Waals surface area contributed by atoms with Crippen LogP contribution in [0.1, 0.15) is 36.1 Å². The lowest BCUT2D eigenvalue weighted by atomic mass is 10.0. The zero-order valence-electron chi connectivity index (χ0n) is 12.7. The highest BCUT2D eigenvalue weighted by molar-refractivity contribution is 5.40. The second-order valence-electron chi connectivity index (χ2n) is 5.19. The monoisotopic (exact) mass is 269 g/mol. The lowest BCUT2D eigenvalue weighted by Crippen LogP contribution is -2.14. The van der Waals surface area contributed by atoms with Crippen LogP contribution in [0, 0.1) is 13.8 Å². The molecule has 0 fully saturated rings. The Bertz CT molecular complexity index is 556. The molecule has 0 saturated heterocycles. The van der Waals surface area contributed by atoms with Gasteiger partial charge in [-0.05, 0) is 56.6 Å². The number of nitrogens with one attached hydrogen (secondary N) is 1. The zero-order valence-corrected chi connectivity index (χ0v) is 12.7. The van der Waals surface area contributed by atoms with Crippen LogP contribution in [0.2, 0.25) is 0 Å². The van der Waals surface area contributed by atoms with Gasteiger partial charge in [-0.25, -0.2) is 0 Å². The van der Waals surface area contributed by atoms with Gasteiger partial charge in [0.05, 0.1) is 0 Å². The third-order valence-electron chi connectivity index (χ3n) is 3.60. The molecule has 2 rings (SSSR count). The van der Waals surface area contributed by atoms with Crippen LogP contribution < -0.4 is 10.1 Å². The van der Waals surface area contributed by atoms with Crippen LogP contribution in [-0.2, 0) is 0 Å². The summed E-state index contributed by atoms with van der Waals surface area (Å²) in [4.78, 5) is 0. The van der Waals surface area contributed by atoms with Gasteiger partial charge in [-0.3, -0.25) is 0 Å². The van der Waals surface area contributed by atoms with E-state index in [1.807, 2.05) is 25.2 Å². The Balaban J connectivity index is 2.14. The van der Waals surface area contributed by atoms with Crippen molar-refractivity contribution in [3.05, 3.63) is 59.2 Å². The summed E-state index contributed by atoms with van der Waals surface area (Å²) in [5.41, 5.74) is 3.71. The van der Waals surface area contributed by atoms with E-state index in [2.05, 4.69) is 50.4 Å². The lowest BCUT2D eigenvalue weighted by molar-refractivity contribution is 0.477. The number of ether oxygens (including phenoxy) is 1. The number of hydrogen-bond donors (Lipinski definition) is 1. The van der Waals surface area contributed by atoms with Crippen LogP contribution in [-0.4, -0.2) is 7.05 Å². The maximum absolute atomic E-state index is 5.95. The predicted octanol–water partition coefficient (Wildman–Crippen LogP) is 4.77. The molecule has 1 N–H and O–H groups in total. The van der Waals surface area contributed by atoms with E-state index in [0.29, 0.717) is 6.04 Å². The minimum atomic E-state index is 0.408. The molecule has 2 aromatic rings. The first-order valence-corrected chi connectivity index (χ1v) is 7.16. The molecule has 0 bridgehead atoms. The normalized spacial score (nSPS) is 12.2. The first-order chi connectivity index (χ1) is 9.63. The van der Waals surface area contributed by atoms with Crippen LogP contribution >= 0.6 is 0 Å². The van der Waals surface area contributed by atoms with E-state index in [9.17, 15) is 0 Å². The Morgan fingerprint density at radius 1 is 1.05 bits per heavy atom. The van der Waals surface area contributed by atoms with Crippen molar-refractivity contribution in [3.8, 4) is 11.5 Å². The van der Waals surface area contributed by atoms with Gasteiger partial charge in [0.15, 0.2) is 0 Å². The average Bonchev–Trinajstić information content (AvgIpc) is 2.45. The molecule has 0 aliphatic carbocycles. The molecular weight excluding hydrogens is 246 g/mol. The maximum Gasteiger partial charge on any atom is 0.130 e. The van der Waals surface area contributed by atoms with Crippen LogP contribution in [0.25, 0.3) is 0 Å². The van der Waals surface area contributed by atoms with Crippen molar-refractivity contribution in [2.75, 3.05) is 7.05 Å². The van der Waals surface area contributed by atoms with E-state index in [-0.39, 0.29) is 0 Å². The van der Waals surface area contributed by atoms with Crippen molar-refractivity contribution in [1.29, 1.82) is 0 Å². The first-order valence-electron chi connectivity index (χ1n) is 7.16. The summed E-state index contributed by atoms with van der Waals surface area (Å²) < 4.78 is 5.95. The van der Waals surface area contributed by atoms with Crippen LogP contribution in [0.5, 0.6) is 11.5 Å². The number of benzene rings is 2. The zero-order chi connectivity index (χ0) is 14.5. The van der Waals surface area contributed by atoms with Crippen LogP contribution in [0.4, 0.5) is 0 Å². The average molecular weight is 269 g/mol. The maximum atomic E-state index is 5.95. The highest BCUT2D eigenvalue weighted by atomic mass is 16.5. The smallest absolute Gasteiger partial charge is 0.130 e. The molecule has 1 unspecified atom stereocenters. The van der Waals surface area contributed by atoms with Gasteiger partial charge in [0.25, 0.3) is 0 Å². The summed E-state index contributed by atoms with van der Waals surface area (Å²) in [5, 5.41) is 3.31. The minimum Gasteiger partial charge on any atom is -0.457 e. The molecule has 2 heteroatoms. The van der Waals surface area contributed by atoms with Crippen molar-refractivity contribution in [3.63, 3.8) is 0 Å². The fraction of sp³-hybridized carbons (Fsp3) is 0.333. The van der Waals surface area contributed by atoms with Crippen LogP contribution in [0.15, 0.2) is 42.5 Å². The van der Waals surface area contributed by atoms with E-state index in [0.717, 1.165) is 23.5 Å². The molecule has 0 aliphatic rings. The van der Waals surface area contributed by atoms with Crippen molar-refractivity contribution >= 4 is 0 Å².